The van der Waals surface area contributed by atoms with Crippen LogP contribution < -0.4 is 10.5 Å². The van der Waals surface area contributed by atoms with Crippen LogP contribution in [0.5, 0.6) is 11.5 Å². The molecule has 0 fully saturated rings. The zero-order valence-corrected chi connectivity index (χ0v) is 13.8. The van der Waals surface area contributed by atoms with Gasteiger partial charge in [-0.05, 0) is 36.6 Å². The zero-order valence-electron chi connectivity index (χ0n) is 13.8. The average molecular weight is 326 g/mol. The highest BCUT2D eigenvalue weighted by atomic mass is 16.5. The van der Waals surface area contributed by atoms with Gasteiger partial charge in [0.2, 0.25) is 5.89 Å². The first-order valence-electron chi connectivity index (χ1n) is 8.10. The number of ether oxygens (including phenoxy) is 1. The summed E-state index contributed by atoms with van der Waals surface area (Å²) in [5, 5.41) is 10.3. The van der Waals surface area contributed by atoms with Crippen LogP contribution in [0.3, 0.4) is 0 Å². The highest BCUT2D eigenvalue weighted by Gasteiger charge is 2.23. The van der Waals surface area contributed by atoms with Gasteiger partial charge in [0, 0.05) is 12.1 Å². The monoisotopic (exact) mass is 326 g/mol. The smallest absolute Gasteiger partial charge is 0.225 e. The van der Waals surface area contributed by atoms with Crippen molar-refractivity contribution in [1.29, 1.82) is 0 Å². The number of aliphatic hydroxyl groups excluding tert-OH is 1. The third-order valence-corrected chi connectivity index (χ3v) is 3.76. The molecule has 0 aliphatic rings. The third kappa shape index (κ3) is 3.75. The molecule has 5 nitrogen and oxygen atoms in total. The molecule has 5 heteroatoms. The molecule has 2 atom stereocenters. The quantitative estimate of drug-likeness (QED) is 0.715. The lowest BCUT2D eigenvalue weighted by molar-refractivity contribution is 0.108. The minimum absolute atomic E-state index is 0.245. The molecule has 0 saturated heterocycles. The van der Waals surface area contributed by atoms with E-state index in [-0.39, 0.29) is 5.89 Å². The van der Waals surface area contributed by atoms with Crippen LogP contribution in [-0.2, 0) is 0 Å². The number of hydrogen-bond acceptors (Lipinski definition) is 5. The van der Waals surface area contributed by atoms with Gasteiger partial charge >= 0.3 is 0 Å². The van der Waals surface area contributed by atoms with Gasteiger partial charge in [-0.1, -0.05) is 32.0 Å². The number of oxazole rings is 1. The van der Waals surface area contributed by atoms with Crippen LogP contribution in [0.4, 0.5) is 0 Å². The molecule has 0 saturated carbocycles. The molecule has 3 aromatic rings. The molecule has 0 amide bonds. The van der Waals surface area contributed by atoms with Gasteiger partial charge in [0.1, 0.15) is 23.1 Å². The number of aromatic nitrogens is 1. The predicted molar refractivity (Wildman–Crippen MR) is 92.9 cm³/mol. The van der Waals surface area contributed by atoms with Gasteiger partial charge in [-0.2, -0.15) is 0 Å². The lowest BCUT2D eigenvalue weighted by Gasteiger charge is -2.17. The van der Waals surface area contributed by atoms with E-state index in [9.17, 15) is 5.11 Å². The fourth-order valence-corrected chi connectivity index (χ4v) is 2.60. The van der Waals surface area contributed by atoms with Crippen molar-refractivity contribution in [2.45, 2.75) is 32.4 Å². The number of benzene rings is 2. The highest BCUT2D eigenvalue weighted by Crippen LogP contribution is 2.28. The minimum atomic E-state index is -0.918. The Morgan fingerprint density at radius 3 is 2.58 bits per heavy atom. The van der Waals surface area contributed by atoms with E-state index in [1.54, 1.807) is 12.1 Å². The first-order chi connectivity index (χ1) is 11.5. The van der Waals surface area contributed by atoms with Gasteiger partial charge < -0.3 is 20.0 Å². The van der Waals surface area contributed by atoms with E-state index in [1.807, 2.05) is 36.4 Å². The topological polar surface area (TPSA) is 81.5 Å². The van der Waals surface area contributed by atoms with E-state index >= 15 is 0 Å². The van der Waals surface area contributed by atoms with Crippen LogP contribution in [0.15, 0.2) is 52.9 Å². The second-order valence-corrected chi connectivity index (χ2v) is 6.33. The van der Waals surface area contributed by atoms with E-state index in [0.29, 0.717) is 29.2 Å². The summed E-state index contributed by atoms with van der Waals surface area (Å²) in [6.45, 7) is 4.12. The van der Waals surface area contributed by atoms with Gasteiger partial charge in [-0.25, -0.2) is 4.98 Å². The van der Waals surface area contributed by atoms with Gasteiger partial charge in [-0.15, -0.1) is 0 Å². The van der Waals surface area contributed by atoms with Crippen molar-refractivity contribution < 1.29 is 14.3 Å². The lowest BCUT2D eigenvalue weighted by Crippen LogP contribution is -2.30. The second-order valence-electron chi connectivity index (χ2n) is 6.33. The van der Waals surface area contributed by atoms with E-state index in [1.165, 1.54) is 0 Å². The summed E-state index contributed by atoms with van der Waals surface area (Å²) >= 11 is 0. The maximum Gasteiger partial charge on any atom is 0.225 e. The molecule has 0 spiro atoms. The largest absolute Gasteiger partial charge is 0.457 e. The maximum absolute atomic E-state index is 10.3. The average Bonchev–Trinajstić information content (AvgIpc) is 2.97. The molecule has 1 unspecified atom stereocenters. The second kappa shape index (κ2) is 7.03. The van der Waals surface area contributed by atoms with E-state index < -0.39 is 12.1 Å². The number of para-hydroxylation sites is 1. The molecule has 2 aromatic carbocycles. The lowest BCUT2D eigenvalue weighted by atomic mass is 10.00. The van der Waals surface area contributed by atoms with Crippen LogP contribution in [-0.4, -0.2) is 16.1 Å². The first kappa shape index (κ1) is 16.5. The number of fused-ring (bicyclic) bond motifs is 1. The van der Waals surface area contributed by atoms with E-state index in [0.717, 1.165) is 5.75 Å². The van der Waals surface area contributed by atoms with Crippen LogP contribution in [0, 0.1) is 5.92 Å². The van der Waals surface area contributed by atoms with E-state index in [4.69, 9.17) is 14.9 Å². The standard InChI is InChI=1S/C19H22N2O3/c1-12(2)10-15(20)18(22)19-21-16-11-14(8-9-17(16)24-19)23-13-6-4-3-5-7-13/h3-9,11-12,15,18,22H,10,20H2,1-2H3/t15-,18?/m1/s1. The van der Waals surface area contributed by atoms with Crippen LogP contribution >= 0.6 is 0 Å². The molecule has 0 aliphatic heterocycles. The Hall–Kier alpha value is -2.37. The normalized spacial score (nSPS) is 14.0. The van der Waals surface area contributed by atoms with Gasteiger partial charge in [0.05, 0.1) is 0 Å². The Labute approximate surface area is 141 Å². The molecule has 0 aliphatic carbocycles. The highest BCUT2D eigenvalue weighted by molar-refractivity contribution is 5.74. The van der Waals surface area contributed by atoms with Gasteiger partial charge in [0.15, 0.2) is 5.58 Å². The van der Waals surface area contributed by atoms with Crippen LogP contribution in [0.2, 0.25) is 0 Å². The molecular weight excluding hydrogens is 304 g/mol. The summed E-state index contributed by atoms with van der Waals surface area (Å²) in [6.07, 6.45) is -0.222. The SMILES string of the molecule is CC(C)C[C@@H](N)C(O)c1nc2cc(Oc3ccccc3)ccc2o1. The van der Waals surface area contributed by atoms with Crippen molar-refractivity contribution in [3.8, 4) is 11.5 Å². The van der Waals surface area contributed by atoms with Crippen LogP contribution in [0.25, 0.3) is 11.1 Å². The van der Waals surface area contributed by atoms with Crippen molar-refractivity contribution in [1.82, 2.24) is 4.98 Å². The van der Waals surface area contributed by atoms with Crippen molar-refractivity contribution in [3.63, 3.8) is 0 Å². The number of nitrogens with two attached hydrogens (primary N) is 1. The number of nitrogens with zero attached hydrogens (tertiary/aromatic N) is 1. The molecule has 1 aromatic heterocycles. The number of hydrogen-bond donors (Lipinski definition) is 2. The Morgan fingerprint density at radius 1 is 1.12 bits per heavy atom. The van der Waals surface area contributed by atoms with Crippen molar-refractivity contribution in [2.75, 3.05) is 0 Å². The fraction of sp³-hybridized carbons (Fsp3) is 0.316. The maximum atomic E-state index is 10.3. The molecule has 3 rings (SSSR count). The van der Waals surface area contributed by atoms with Gasteiger partial charge in [-0.3, -0.25) is 0 Å². The van der Waals surface area contributed by atoms with Crippen molar-refractivity contribution in [2.24, 2.45) is 11.7 Å². The molecular formula is C19H22N2O3. The minimum Gasteiger partial charge on any atom is -0.457 e. The molecule has 3 N–H and O–H groups in total. The van der Waals surface area contributed by atoms with Crippen LogP contribution in [0.1, 0.15) is 32.3 Å². The molecule has 0 radical (unpaired) electrons. The summed E-state index contributed by atoms with van der Waals surface area (Å²) in [5.74, 6) is 2.05. The third-order valence-electron chi connectivity index (χ3n) is 3.76. The molecule has 126 valence electrons. The first-order valence-corrected chi connectivity index (χ1v) is 8.10. The number of aliphatic hydroxyl groups is 1. The fourth-order valence-electron chi connectivity index (χ4n) is 2.60. The Bertz CT molecular complexity index is 799. The summed E-state index contributed by atoms with van der Waals surface area (Å²) < 4.78 is 11.4. The molecule has 0 bridgehead atoms. The summed E-state index contributed by atoms with van der Waals surface area (Å²) in [7, 11) is 0. The summed E-state index contributed by atoms with van der Waals surface area (Å²) in [6, 6.07) is 14.5. The summed E-state index contributed by atoms with van der Waals surface area (Å²) in [5.41, 5.74) is 7.26. The van der Waals surface area contributed by atoms with Crippen molar-refractivity contribution >= 4 is 11.1 Å². The molecule has 1 heterocycles. The Balaban J connectivity index is 1.81. The summed E-state index contributed by atoms with van der Waals surface area (Å²) in [4.78, 5) is 4.37. The number of rotatable bonds is 6. The van der Waals surface area contributed by atoms with Gasteiger partial charge in [0.25, 0.3) is 0 Å². The molecule has 24 heavy (non-hydrogen) atoms. The zero-order chi connectivity index (χ0) is 17.1. The van der Waals surface area contributed by atoms with Crippen molar-refractivity contribution in [3.05, 3.63) is 54.4 Å². The Kier molecular flexibility index (Phi) is 4.83. The Morgan fingerprint density at radius 2 is 1.88 bits per heavy atom. The predicted octanol–water partition coefficient (Wildman–Crippen LogP) is 4.03. The van der Waals surface area contributed by atoms with E-state index in [2.05, 4.69) is 18.8 Å².